The third-order valence-electron chi connectivity index (χ3n) is 3.25. The number of rotatable bonds is 4. The number of ether oxygens (including phenoxy) is 2. The standard InChI is InChI=1S/C15H19N3O2/c1-10(2)16-8-12-9-17-18-15(12)11-3-4-13-14(7-11)20-6-5-19-13/h3-4,7,9-10,16H,5-6,8H2,1-2H3,(H,17,18). The van der Waals surface area contributed by atoms with E-state index >= 15 is 0 Å². The number of aromatic nitrogens is 2. The first kappa shape index (κ1) is 13.0. The van der Waals surface area contributed by atoms with Crippen LogP contribution in [0.4, 0.5) is 0 Å². The molecule has 0 atom stereocenters. The minimum absolute atomic E-state index is 0.443. The topological polar surface area (TPSA) is 59.2 Å². The van der Waals surface area contributed by atoms with Crippen LogP contribution in [0.3, 0.4) is 0 Å². The van der Waals surface area contributed by atoms with Crippen LogP contribution >= 0.6 is 0 Å². The van der Waals surface area contributed by atoms with E-state index in [1.165, 1.54) is 0 Å². The average molecular weight is 273 g/mol. The minimum Gasteiger partial charge on any atom is -0.486 e. The van der Waals surface area contributed by atoms with Crippen LogP contribution in [0.1, 0.15) is 19.4 Å². The molecule has 0 saturated heterocycles. The van der Waals surface area contributed by atoms with Gasteiger partial charge in [0, 0.05) is 23.7 Å². The van der Waals surface area contributed by atoms with E-state index in [1.54, 1.807) is 0 Å². The Hall–Kier alpha value is -2.01. The van der Waals surface area contributed by atoms with E-state index in [0.29, 0.717) is 19.3 Å². The molecule has 20 heavy (non-hydrogen) atoms. The Morgan fingerprint density at radius 1 is 1.25 bits per heavy atom. The molecule has 0 spiro atoms. The van der Waals surface area contributed by atoms with Crippen molar-refractivity contribution < 1.29 is 9.47 Å². The molecule has 0 bridgehead atoms. The molecular formula is C15H19N3O2. The van der Waals surface area contributed by atoms with Crippen LogP contribution in [-0.2, 0) is 6.54 Å². The van der Waals surface area contributed by atoms with Gasteiger partial charge in [-0.25, -0.2) is 0 Å². The van der Waals surface area contributed by atoms with Gasteiger partial charge in [-0.15, -0.1) is 0 Å². The molecule has 0 saturated carbocycles. The number of nitrogens with one attached hydrogen (secondary N) is 2. The third kappa shape index (κ3) is 2.63. The fraction of sp³-hybridized carbons (Fsp3) is 0.400. The third-order valence-corrected chi connectivity index (χ3v) is 3.25. The Morgan fingerprint density at radius 2 is 2.05 bits per heavy atom. The molecule has 2 N–H and O–H groups in total. The van der Waals surface area contributed by atoms with Crippen molar-refractivity contribution >= 4 is 0 Å². The zero-order valence-electron chi connectivity index (χ0n) is 11.8. The lowest BCUT2D eigenvalue weighted by molar-refractivity contribution is 0.171. The van der Waals surface area contributed by atoms with Crippen LogP contribution in [0.25, 0.3) is 11.3 Å². The van der Waals surface area contributed by atoms with Crippen LogP contribution in [-0.4, -0.2) is 29.5 Å². The number of fused-ring (bicyclic) bond motifs is 1. The second-order valence-corrected chi connectivity index (χ2v) is 5.16. The van der Waals surface area contributed by atoms with E-state index in [9.17, 15) is 0 Å². The highest BCUT2D eigenvalue weighted by Gasteiger charge is 2.15. The van der Waals surface area contributed by atoms with Crippen molar-refractivity contribution in [2.24, 2.45) is 0 Å². The zero-order chi connectivity index (χ0) is 13.9. The molecule has 106 valence electrons. The molecule has 5 heteroatoms. The van der Waals surface area contributed by atoms with Crippen LogP contribution in [0.5, 0.6) is 11.5 Å². The summed E-state index contributed by atoms with van der Waals surface area (Å²) >= 11 is 0. The Morgan fingerprint density at radius 3 is 2.85 bits per heavy atom. The summed E-state index contributed by atoms with van der Waals surface area (Å²) in [5.41, 5.74) is 3.23. The summed E-state index contributed by atoms with van der Waals surface area (Å²) in [6.45, 7) is 6.26. The Labute approximate surface area is 118 Å². The Balaban J connectivity index is 1.87. The largest absolute Gasteiger partial charge is 0.486 e. The number of hydrogen-bond acceptors (Lipinski definition) is 4. The van der Waals surface area contributed by atoms with Gasteiger partial charge in [-0.2, -0.15) is 5.10 Å². The predicted molar refractivity (Wildman–Crippen MR) is 77.0 cm³/mol. The van der Waals surface area contributed by atoms with Crippen molar-refractivity contribution in [2.45, 2.75) is 26.4 Å². The number of benzene rings is 1. The summed E-state index contributed by atoms with van der Waals surface area (Å²) < 4.78 is 11.2. The monoisotopic (exact) mass is 273 g/mol. The summed E-state index contributed by atoms with van der Waals surface area (Å²) in [7, 11) is 0. The van der Waals surface area contributed by atoms with Crippen molar-refractivity contribution in [1.29, 1.82) is 0 Å². The van der Waals surface area contributed by atoms with Crippen LogP contribution < -0.4 is 14.8 Å². The molecular weight excluding hydrogens is 254 g/mol. The van der Waals surface area contributed by atoms with Gasteiger partial charge in [0.15, 0.2) is 11.5 Å². The molecule has 1 aromatic heterocycles. The molecule has 0 fully saturated rings. The smallest absolute Gasteiger partial charge is 0.162 e. The van der Waals surface area contributed by atoms with E-state index in [2.05, 4.69) is 29.4 Å². The molecule has 2 heterocycles. The first-order chi connectivity index (χ1) is 9.74. The van der Waals surface area contributed by atoms with Gasteiger partial charge in [-0.1, -0.05) is 13.8 Å². The molecule has 2 aromatic rings. The summed E-state index contributed by atoms with van der Waals surface area (Å²) in [4.78, 5) is 0. The quantitative estimate of drug-likeness (QED) is 0.897. The molecule has 1 aliphatic rings. The maximum Gasteiger partial charge on any atom is 0.162 e. The molecule has 1 aromatic carbocycles. The van der Waals surface area contributed by atoms with Crippen LogP contribution in [0.15, 0.2) is 24.4 Å². The SMILES string of the molecule is CC(C)NCc1cn[nH]c1-c1ccc2c(c1)OCCO2. The summed E-state index contributed by atoms with van der Waals surface area (Å²) in [6.07, 6.45) is 1.86. The van der Waals surface area contributed by atoms with E-state index in [0.717, 1.165) is 34.9 Å². The second kappa shape index (κ2) is 5.54. The molecule has 0 amide bonds. The Kier molecular flexibility index (Phi) is 3.60. The van der Waals surface area contributed by atoms with Gasteiger partial charge in [-0.3, -0.25) is 5.10 Å². The molecule has 1 aliphatic heterocycles. The first-order valence-electron chi connectivity index (χ1n) is 6.89. The zero-order valence-corrected chi connectivity index (χ0v) is 11.8. The minimum atomic E-state index is 0.443. The highest BCUT2D eigenvalue weighted by Crippen LogP contribution is 2.34. The van der Waals surface area contributed by atoms with Crippen molar-refractivity contribution in [3.63, 3.8) is 0 Å². The van der Waals surface area contributed by atoms with Gasteiger partial charge in [0.1, 0.15) is 13.2 Å². The van der Waals surface area contributed by atoms with Crippen molar-refractivity contribution in [1.82, 2.24) is 15.5 Å². The summed E-state index contributed by atoms with van der Waals surface area (Å²) in [5, 5.41) is 10.6. The van der Waals surface area contributed by atoms with E-state index in [4.69, 9.17) is 9.47 Å². The van der Waals surface area contributed by atoms with Crippen LogP contribution in [0, 0.1) is 0 Å². The lowest BCUT2D eigenvalue weighted by Gasteiger charge is -2.19. The van der Waals surface area contributed by atoms with Crippen molar-refractivity contribution in [3.8, 4) is 22.8 Å². The lowest BCUT2D eigenvalue weighted by Crippen LogP contribution is -2.21. The average Bonchev–Trinajstić information content (AvgIpc) is 2.93. The number of aromatic amines is 1. The normalized spacial score (nSPS) is 13.8. The number of nitrogens with zero attached hydrogens (tertiary/aromatic N) is 1. The first-order valence-corrected chi connectivity index (χ1v) is 6.89. The summed E-state index contributed by atoms with van der Waals surface area (Å²) in [5.74, 6) is 1.60. The van der Waals surface area contributed by atoms with E-state index < -0.39 is 0 Å². The van der Waals surface area contributed by atoms with Gasteiger partial charge >= 0.3 is 0 Å². The maximum absolute atomic E-state index is 5.63. The van der Waals surface area contributed by atoms with Gasteiger partial charge in [-0.05, 0) is 18.2 Å². The molecule has 0 radical (unpaired) electrons. The second-order valence-electron chi connectivity index (χ2n) is 5.16. The number of hydrogen-bond donors (Lipinski definition) is 2. The van der Waals surface area contributed by atoms with Gasteiger partial charge in [0.05, 0.1) is 11.9 Å². The van der Waals surface area contributed by atoms with Crippen molar-refractivity contribution in [3.05, 3.63) is 30.0 Å². The van der Waals surface area contributed by atoms with Gasteiger partial charge < -0.3 is 14.8 Å². The molecule has 5 nitrogen and oxygen atoms in total. The van der Waals surface area contributed by atoms with Crippen LogP contribution in [0.2, 0.25) is 0 Å². The van der Waals surface area contributed by atoms with Crippen molar-refractivity contribution in [2.75, 3.05) is 13.2 Å². The predicted octanol–water partition coefficient (Wildman–Crippen LogP) is 2.35. The Bertz CT molecular complexity index is 593. The fourth-order valence-electron chi connectivity index (χ4n) is 2.21. The molecule has 0 unspecified atom stereocenters. The van der Waals surface area contributed by atoms with E-state index in [1.807, 2.05) is 24.4 Å². The van der Waals surface area contributed by atoms with Gasteiger partial charge in [0.25, 0.3) is 0 Å². The van der Waals surface area contributed by atoms with Gasteiger partial charge in [0.2, 0.25) is 0 Å². The molecule has 3 rings (SSSR count). The summed E-state index contributed by atoms with van der Waals surface area (Å²) in [6, 6.07) is 6.42. The number of H-pyrrole nitrogens is 1. The highest BCUT2D eigenvalue weighted by atomic mass is 16.6. The fourth-order valence-corrected chi connectivity index (χ4v) is 2.21. The lowest BCUT2D eigenvalue weighted by atomic mass is 10.1. The maximum atomic E-state index is 5.63. The molecule has 0 aliphatic carbocycles. The van der Waals surface area contributed by atoms with E-state index in [-0.39, 0.29) is 0 Å². The highest BCUT2D eigenvalue weighted by molar-refractivity contribution is 5.66.